The van der Waals surface area contributed by atoms with Crippen molar-refractivity contribution in [2.24, 2.45) is 5.92 Å². The molecule has 1 aliphatic carbocycles. The molecule has 6 heteroatoms. The quantitative estimate of drug-likeness (QED) is 0.708. The molecule has 0 saturated heterocycles. The van der Waals surface area contributed by atoms with Crippen LogP contribution < -0.4 is 0 Å². The molecule has 0 bridgehead atoms. The Hall–Kier alpha value is -0.810. The summed E-state index contributed by atoms with van der Waals surface area (Å²) in [5, 5.41) is 8.08. The first kappa shape index (κ1) is 10.3. The number of aliphatic carboxylic acids is 1. The molecule has 1 saturated carbocycles. The Kier molecular flexibility index (Phi) is 2.25. The maximum Gasteiger partial charge on any atom is 0.309 e. The smallest absolute Gasteiger partial charge is 0.309 e. The largest absolute Gasteiger partial charge is 0.481 e. The van der Waals surface area contributed by atoms with Gasteiger partial charge in [-0.05, 0) is 0 Å². The van der Waals surface area contributed by atoms with Crippen molar-refractivity contribution in [1.82, 2.24) is 0 Å². The average molecular weight is 200 g/mol. The molecule has 13 heavy (non-hydrogen) atoms. The molecule has 0 aromatic heterocycles. The third-order valence-electron chi connectivity index (χ3n) is 2.07. The van der Waals surface area contributed by atoms with Crippen LogP contribution in [0.5, 0.6) is 0 Å². The van der Waals surface area contributed by atoms with Crippen LogP contribution in [0.25, 0.3) is 0 Å². The molecular formula is C7H8F4O2. The Morgan fingerprint density at radius 3 is 2.23 bits per heavy atom. The minimum atomic E-state index is -3.51. The van der Waals surface area contributed by atoms with Crippen LogP contribution >= 0.6 is 0 Å². The van der Waals surface area contributed by atoms with E-state index in [2.05, 4.69) is 0 Å². The number of halogens is 4. The molecule has 0 atom stereocenters. The molecule has 1 aliphatic rings. The van der Waals surface area contributed by atoms with Crippen LogP contribution in [0, 0.1) is 5.92 Å². The van der Waals surface area contributed by atoms with E-state index in [9.17, 15) is 22.4 Å². The van der Waals surface area contributed by atoms with Crippen molar-refractivity contribution in [2.45, 2.75) is 31.1 Å². The molecule has 1 fully saturated rings. The topological polar surface area (TPSA) is 37.3 Å². The molecule has 76 valence electrons. The minimum absolute atomic E-state index is 0.909. The lowest BCUT2D eigenvalue weighted by molar-refractivity contribution is -0.200. The van der Waals surface area contributed by atoms with Gasteiger partial charge in [0.15, 0.2) is 0 Å². The summed E-state index contributed by atoms with van der Waals surface area (Å²) in [7, 11) is 0. The fourth-order valence-electron chi connectivity index (χ4n) is 1.31. The first-order valence-electron chi connectivity index (χ1n) is 3.70. The van der Waals surface area contributed by atoms with Crippen molar-refractivity contribution in [3.8, 4) is 0 Å². The van der Waals surface area contributed by atoms with E-state index in [0.29, 0.717) is 0 Å². The van der Waals surface area contributed by atoms with Gasteiger partial charge in [0.2, 0.25) is 5.92 Å². The minimum Gasteiger partial charge on any atom is -0.481 e. The molecule has 0 aromatic carbocycles. The molecule has 1 N–H and O–H groups in total. The van der Waals surface area contributed by atoms with Crippen molar-refractivity contribution < 1.29 is 27.5 Å². The highest BCUT2D eigenvalue weighted by Crippen LogP contribution is 2.50. The van der Waals surface area contributed by atoms with Gasteiger partial charge < -0.3 is 5.11 Å². The van der Waals surface area contributed by atoms with Crippen LogP contribution in [-0.4, -0.2) is 22.9 Å². The summed E-state index contributed by atoms with van der Waals surface area (Å²) < 4.78 is 49.8. The lowest BCUT2D eigenvalue weighted by Crippen LogP contribution is -2.46. The van der Waals surface area contributed by atoms with Gasteiger partial charge in [-0.2, -0.15) is 0 Å². The number of hydrogen-bond donors (Lipinski definition) is 1. The molecule has 1 rings (SSSR count). The summed E-state index contributed by atoms with van der Waals surface area (Å²) in [5.74, 6) is -9.70. The monoisotopic (exact) mass is 200 g/mol. The molecule has 0 heterocycles. The molecule has 0 radical (unpaired) electrons. The summed E-state index contributed by atoms with van der Waals surface area (Å²) in [5.41, 5.74) is 0. The Labute approximate surface area is 71.5 Å². The van der Waals surface area contributed by atoms with Gasteiger partial charge in [0, 0.05) is 18.8 Å². The number of hydrogen-bond acceptors (Lipinski definition) is 1. The van der Waals surface area contributed by atoms with Gasteiger partial charge in [0.1, 0.15) is 6.42 Å². The number of carbonyl (C=O) groups is 1. The standard InChI is InChI=1S/C7H8F4O2/c8-6(9)1-4(2-6)7(10,11)3-5(12)13/h4H,1-3H2,(H,12,13). The second-order valence-electron chi connectivity index (χ2n) is 3.29. The van der Waals surface area contributed by atoms with Crippen molar-refractivity contribution in [1.29, 1.82) is 0 Å². The number of carboxylic acids is 1. The molecule has 0 aromatic rings. The molecular weight excluding hydrogens is 192 g/mol. The van der Waals surface area contributed by atoms with Gasteiger partial charge in [-0.3, -0.25) is 4.79 Å². The van der Waals surface area contributed by atoms with E-state index >= 15 is 0 Å². The number of carboxylic acid groups (broad SMARTS) is 1. The zero-order chi connectivity index (χ0) is 10.3. The van der Waals surface area contributed by atoms with E-state index in [-0.39, 0.29) is 0 Å². The third-order valence-corrected chi connectivity index (χ3v) is 2.07. The summed E-state index contributed by atoms with van der Waals surface area (Å²) in [4.78, 5) is 9.95. The van der Waals surface area contributed by atoms with Gasteiger partial charge >= 0.3 is 5.97 Å². The SMILES string of the molecule is O=C(O)CC(F)(F)C1CC(F)(F)C1. The molecule has 2 nitrogen and oxygen atoms in total. The Morgan fingerprint density at radius 2 is 1.92 bits per heavy atom. The summed E-state index contributed by atoms with van der Waals surface area (Å²) >= 11 is 0. The predicted molar refractivity (Wildman–Crippen MR) is 34.9 cm³/mol. The van der Waals surface area contributed by atoms with Crippen LogP contribution in [0.2, 0.25) is 0 Å². The second-order valence-corrected chi connectivity index (χ2v) is 3.29. The second kappa shape index (κ2) is 2.85. The predicted octanol–water partition coefficient (Wildman–Crippen LogP) is 2.14. The van der Waals surface area contributed by atoms with Gasteiger partial charge in [0.05, 0.1) is 0 Å². The van der Waals surface area contributed by atoms with Crippen molar-refractivity contribution in [3.63, 3.8) is 0 Å². The molecule has 0 unspecified atom stereocenters. The van der Waals surface area contributed by atoms with Gasteiger partial charge in [-0.15, -0.1) is 0 Å². The normalized spacial score (nSPS) is 22.5. The lowest BCUT2D eigenvalue weighted by atomic mass is 9.76. The summed E-state index contributed by atoms with van der Waals surface area (Å²) in [6.45, 7) is 0. The fraction of sp³-hybridized carbons (Fsp3) is 0.857. The van der Waals surface area contributed by atoms with Crippen LogP contribution in [0.4, 0.5) is 17.6 Å². The maximum absolute atomic E-state index is 12.7. The van der Waals surface area contributed by atoms with E-state index < -0.39 is 43.0 Å². The highest BCUT2D eigenvalue weighted by atomic mass is 19.3. The van der Waals surface area contributed by atoms with Crippen molar-refractivity contribution in [2.75, 3.05) is 0 Å². The average Bonchev–Trinajstić information content (AvgIpc) is 1.79. The van der Waals surface area contributed by atoms with Gasteiger partial charge in [-0.25, -0.2) is 17.6 Å². The van der Waals surface area contributed by atoms with Crippen LogP contribution in [0.1, 0.15) is 19.3 Å². The maximum atomic E-state index is 12.7. The van der Waals surface area contributed by atoms with E-state index in [4.69, 9.17) is 5.11 Å². The number of alkyl halides is 4. The van der Waals surface area contributed by atoms with E-state index in [1.54, 1.807) is 0 Å². The van der Waals surface area contributed by atoms with Crippen LogP contribution in [0.3, 0.4) is 0 Å². The fourth-order valence-corrected chi connectivity index (χ4v) is 1.31. The Balaban J connectivity index is 2.48. The van der Waals surface area contributed by atoms with E-state index in [0.717, 1.165) is 0 Å². The van der Waals surface area contributed by atoms with Crippen molar-refractivity contribution >= 4 is 5.97 Å². The van der Waals surface area contributed by atoms with Crippen LogP contribution in [-0.2, 0) is 4.79 Å². The van der Waals surface area contributed by atoms with Gasteiger partial charge in [0.25, 0.3) is 5.92 Å². The Bertz CT molecular complexity index is 219. The van der Waals surface area contributed by atoms with E-state index in [1.165, 1.54) is 0 Å². The molecule has 0 aliphatic heterocycles. The van der Waals surface area contributed by atoms with Gasteiger partial charge in [-0.1, -0.05) is 0 Å². The summed E-state index contributed by atoms with van der Waals surface area (Å²) in [6, 6.07) is 0. The molecule has 0 spiro atoms. The lowest BCUT2D eigenvalue weighted by Gasteiger charge is -2.39. The van der Waals surface area contributed by atoms with Crippen molar-refractivity contribution in [3.05, 3.63) is 0 Å². The van der Waals surface area contributed by atoms with Crippen LogP contribution in [0.15, 0.2) is 0 Å². The molecule has 0 amide bonds. The van der Waals surface area contributed by atoms with E-state index in [1.807, 2.05) is 0 Å². The summed E-state index contributed by atoms with van der Waals surface area (Å²) in [6.07, 6.45) is -3.19. The highest BCUT2D eigenvalue weighted by molar-refractivity contribution is 5.67. The Morgan fingerprint density at radius 1 is 1.46 bits per heavy atom. The first-order chi connectivity index (χ1) is 5.73. The highest BCUT2D eigenvalue weighted by Gasteiger charge is 2.57. The zero-order valence-electron chi connectivity index (χ0n) is 6.57. The first-order valence-corrected chi connectivity index (χ1v) is 3.70. The number of rotatable bonds is 3. The third kappa shape index (κ3) is 2.32. The zero-order valence-corrected chi connectivity index (χ0v) is 6.57.